The Balaban J connectivity index is 2.22. The number of pyridine rings is 1. The summed E-state index contributed by atoms with van der Waals surface area (Å²) in [7, 11) is 1.52. The number of amides is 1. The van der Waals surface area contributed by atoms with Crippen LogP contribution in [0.2, 0.25) is 0 Å². The third-order valence-electron chi connectivity index (χ3n) is 2.38. The van der Waals surface area contributed by atoms with Crippen LogP contribution in [0.3, 0.4) is 0 Å². The average Bonchev–Trinajstić information content (AvgIpc) is 2.38. The second kappa shape index (κ2) is 5.18. The molecule has 0 fully saturated rings. The number of anilines is 2. The summed E-state index contributed by atoms with van der Waals surface area (Å²) in [6, 6.07) is 10.2. The highest BCUT2D eigenvalue weighted by atomic mass is 16.5. The molecule has 1 amide bonds. The minimum Gasteiger partial charge on any atom is -0.496 e. The highest BCUT2D eigenvalue weighted by Crippen LogP contribution is 2.18. The summed E-state index contributed by atoms with van der Waals surface area (Å²) in [6.07, 6.45) is 1.53. The largest absolute Gasteiger partial charge is 0.496 e. The molecule has 0 saturated carbocycles. The molecular formula is C13H13N3O2. The molecule has 5 heteroatoms. The molecule has 5 nitrogen and oxygen atoms in total. The van der Waals surface area contributed by atoms with Gasteiger partial charge < -0.3 is 15.8 Å². The maximum absolute atomic E-state index is 12.0. The Morgan fingerprint density at radius 1 is 1.33 bits per heavy atom. The SMILES string of the molecule is COc1ccccc1C(=O)Nc1cc(N)ccn1. The van der Waals surface area contributed by atoms with Gasteiger partial charge in [0.15, 0.2) is 0 Å². The highest BCUT2D eigenvalue weighted by molar-refractivity contribution is 6.05. The summed E-state index contributed by atoms with van der Waals surface area (Å²) >= 11 is 0. The first-order chi connectivity index (χ1) is 8.70. The van der Waals surface area contributed by atoms with Crippen molar-refractivity contribution in [3.8, 4) is 5.75 Å². The number of nitrogen functional groups attached to an aromatic ring is 1. The van der Waals surface area contributed by atoms with E-state index in [-0.39, 0.29) is 5.91 Å². The smallest absolute Gasteiger partial charge is 0.260 e. The Morgan fingerprint density at radius 2 is 2.11 bits per heavy atom. The van der Waals surface area contributed by atoms with Gasteiger partial charge in [0.25, 0.3) is 5.91 Å². The van der Waals surface area contributed by atoms with Crippen LogP contribution >= 0.6 is 0 Å². The molecule has 1 aromatic heterocycles. The first-order valence-corrected chi connectivity index (χ1v) is 5.36. The summed E-state index contributed by atoms with van der Waals surface area (Å²) in [5.74, 6) is 0.635. The minimum atomic E-state index is -0.287. The van der Waals surface area contributed by atoms with Gasteiger partial charge in [-0.25, -0.2) is 4.98 Å². The monoisotopic (exact) mass is 243 g/mol. The fourth-order valence-corrected chi connectivity index (χ4v) is 1.53. The van der Waals surface area contributed by atoms with E-state index in [1.54, 1.807) is 36.4 Å². The number of nitrogens with two attached hydrogens (primary N) is 1. The lowest BCUT2D eigenvalue weighted by Crippen LogP contribution is -2.14. The van der Waals surface area contributed by atoms with Crippen molar-refractivity contribution in [3.05, 3.63) is 48.2 Å². The van der Waals surface area contributed by atoms with E-state index in [2.05, 4.69) is 10.3 Å². The summed E-state index contributed by atoms with van der Waals surface area (Å²) in [6.45, 7) is 0. The zero-order chi connectivity index (χ0) is 13.0. The second-order valence-electron chi connectivity index (χ2n) is 3.63. The van der Waals surface area contributed by atoms with Gasteiger partial charge in [-0.05, 0) is 18.2 Å². The highest BCUT2D eigenvalue weighted by Gasteiger charge is 2.11. The molecule has 0 aliphatic carbocycles. The van der Waals surface area contributed by atoms with Crippen molar-refractivity contribution in [3.63, 3.8) is 0 Å². The Labute approximate surface area is 105 Å². The maximum Gasteiger partial charge on any atom is 0.260 e. The van der Waals surface area contributed by atoms with Crippen molar-refractivity contribution < 1.29 is 9.53 Å². The molecule has 1 heterocycles. The van der Waals surface area contributed by atoms with Crippen molar-refractivity contribution in [1.82, 2.24) is 4.98 Å². The van der Waals surface area contributed by atoms with Gasteiger partial charge in [0.05, 0.1) is 12.7 Å². The second-order valence-corrected chi connectivity index (χ2v) is 3.63. The first-order valence-electron chi connectivity index (χ1n) is 5.36. The lowest BCUT2D eigenvalue weighted by Gasteiger charge is -2.08. The molecule has 3 N–H and O–H groups in total. The number of carbonyl (C=O) groups is 1. The quantitative estimate of drug-likeness (QED) is 0.863. The van der Waals surface area contributed by atoms with Gasteiger partial charge in [0.1, 0.15) is 11.6 Å². The zero-order valence-electron chi connectivity index (χ0n) is 9.88. The van der Waals surface area contributed by atoms with Gasteiger partial charge in [-0.1, -0.05) is 12.1 Å². The van der Waals surface area contributed by atoms with Gasteiger partial charge in [0.2, 0.25) is 0 Å². The van der Waals surface area contributed by atoms with E-state index in [9.17, 15) is 4.79 Å². The molecule has 0 aliphatic heterocycles. The van der Waals surface area contributed by atoms with Crippen LogP contribution in [0, 0.1) is 0 Å². The van der Waals surface area contributed by atoms with E-state index in [1.807, 2.05) is 0 Å². The number of hydrogen-bond acceptors (Lipinski definition) is 4. The fourth-order valence-electron chi connectivity index (χ4n) is 1.53. The molecule has 0 saturated heterocycles. The molecule has 0 radical (unpaired) electrons. The van der Waals surface area contributed by atoms with Crippen LogP contribution in [0.4, 0.5) is 11.5 Å². The van der Waals surface area contributed by atoms with Crippen LogP contribution in [0.15, 0.2) is 42.6 Å². The van der Waals surface area contributed by atoms with Crippen molar-refractivity contribution in [1.29, 1.82) is 0 Å². The van der Waals surface area contributed by atoms with Gasteiger partial charge in [-0.15, -0.1) is 0 Å². The summed E-state index contributed by atoms with van der Waals surface area (Å²) in [5, 5.41) is 2.66. The van der Waals surface area contributed by atoms with Crippen LogP contribution < -0.4 is 15.8 Å². The van der Waals surface area contributed by atoms with Crippen LogP contribution in [-0.4, -0.2) is 18.0 Å². The van der Waals surface area contributed by atoms with Crippen molar-refractivity contribution in [2.45, 2.75) is 0 Å². The Morgan fingerprint density at radius 3 is 2.83 bits per heavy atom. The lowest BCUT2D eigenvalue weighted by atomic mass is 10.2. The average molecular weight is 243 g/mol. The van der Waals surface area contributed by atoms with Crippen molar-refractivity contribution in [2.75, 3.05) is 18.2 Å². The number of rotatable bonds is 3. The molecule has 1 aromatic carbocycles. The number of para-hydroxylation sites is 1. The molecule has 0 aliphatic rings. The number of nitrogens with one attached hydrogen (secondary N) is 1. The topological polar surface area (TPSA) is 77.2 Å². The summed E-state index contributed by atoms with van der Waals surface area (Å²) in [5.41, 5.74) is 6.60. The molecule has 0 bridgehead atoms. The van der Waals surface area contributed by atoms with Crippen LogP contribution in [0.5, 0.6) is 5.75 Å². The summed E-state index contributed by atoms with van der Waals surface area (Å²) in [4.78, 5) is 16.0. The van der Waals surface area contributed by atoms with Crippen LogP contribution in [0.1, 0.15) is 10.4 Å². The maximum atomic E-state index is 12.0. The Kier molecular flexibility index (Phi) is 3.43. The molecule has 0 atom stereocenters. The number of methoxy groups -OCH3 is 1. The lowest BCUT2D eigenvalue weighted by molar-refractivity contribution is 0.102. The van der Waals surface area contributed by atoms with E-state index in [0.29, 0.717) is 22.8 Å². The molecule has 18 heavy (non-hydrogen) atoms. The van der Waals surface area contributed by atoms with Crippen LogP contribution in [-0.2, 0) is 0 Å². The van der Waals surface area contributed by atoms with Gasteiger partial charge in [-0.2, -0.15) is 0 Å². The molecule has 2 aromatic rings. The van der Waals surface area contributed by atoms with E-state index in [4.69, 9.17) is 10.5 Å². The number of nitrogens with zero attached hydrogens (tertiary/aromatic N) is 1. The number of benzene rings is 1. The van der Waals surface area contributed by atoms with Gasteiger partial charge >= 0.3 is 0 Å². The number of hydrogen-bond donors (Lipinski definition) is 2. The number of aromatic nitrogens is 1. The fraction of sp³-hybridized carbons (Fsp3) is 0.0769. The van der Waals surface area contributed by atoms with Crippen molar-refractivity contribution >= 4 is 17.4 Å². The first kappa shape index (κ1) is 11.9. The minimum absolute atomic E-state index is 0.287. The van der Waals surface area contributed by atoms with E-state index >= 15 is 0 Å². The summed E-state index contributed by atoms with van der Waals surface area (Å²) < 4.78 is 5.12. The number of carbonyl (C=O) groups excluding carboxylic acids is 1. The Hall–Kier alpha value is -2.56. The third kappa shape index (κ3) is 2.57. The zero-order valence-corrected chi connectivity index (χ0v) is 9.88. The predicted molar refractivity (Wildman–Crippen MR) is 69.6 cm³/mol. The third-order valence-corrected chi connectivity index (χ3v) is 2.38. The molecule has 0 spiro atoms. The van der Waals surface area contributed by atoms with E-state index < -0.39 is 0 Å². The van der Waals surface area contributed by atoms with Crippen LogP contribution in [0.25, 0.3) is 0 Å². The molecule has 0 unspecified atom stereocenters. The normalized spacial score (nSPS) is 9.83. The van der Waals surface area contributed by atoms with Crippen molar-refractivity contribution in [2.24, 2.45) is 0 Å². The van der Waals surface area contributed by atoms with E-state index in [0.717, 1.165) is 0 Å². The van der Waals surface area contributed by atoms with Gasteiger partial charge in [0, 0.05) is 18.0 Å². The van der Waals surface area contributed by atoms with Gasteiger partial charge in [-0.3, -0.25) is 4.79 Å². The Bertz CT molecular complexity index is 570. The molecule has 92 valence electrons. The standard InChI is InChI=1S/C13H13N3O2/c1-18-11-5-3-2-4-10(11)13(17)16-12-8-9(14)6-7-15-12/h2-8H,1H3,(H3,14,15,16,17). The number of ether oxygens (including phenoxy) is 1. The molecular weight excluding hydrogens is 230 g/mol. The molecule has 2 rings (SSSR count). The predicted octanol–water partition coefficient (Wildman–Crippen LogP) is 1.92. The van der Waals surface area contributed by atoms with E-state index in [1.165, 1.54) is 13.3 Å².